The summed E-state index contributed by atoms with van der Waals surface area (Å²) in [6.45, 7) is 1.46. The molecule has 2 heterocycles. The molecule has 4 nitrogen and oxygen atoms in total. The minimum Gasteiger partial charge on any atom is -0.415 e. The van der Waals surface area contributed by atoms with Gasteiger partial charge in [0.1, 0.15) is 0 Å². The van der Waals surface area contributed by atoms with E-state index in [2.05, 4.69) is 0 Å². The molecular formula is C11H15NO3S. The molecule has 1 aromatic rings. The Bertz CT molecular complexity index is 333. The highest BCUT2D eigenvalue weighted by atomic mass is 32.1. The van der Waals surface area contributed by atoms with Crippen LogP contribution in [0.3, 0.4) is 0 Å². The van der Waals surface area contributed by atoms with Gasteiger partial charge in [-0.3, -0.25) is 0 Å². The summed E-state index contributed by atoms with van der Waals surface area (Å²) >= 11 is 1.47. The lowest BCUT2D eigenvalue weighted by atomic mass is 10.1. The van der Waals surface area contributed by atoms with E-state index in [4.69, 9.17) is 4.74 Å². The first-order valence-corrected chi connectivity index (χ1v) is 6.37. The van der Waals surface area contributed by atoms with Gasteiger partial charge in [-0.25, -0.2) is 4.79 Å². The quantitative estimate of drug-likeness (QED) is 0.809. The number of aliphatic hydroxyl groups is 1. The Hall–Kier alpha value is -1.07. The maximum Gasteiger partial charge on any atom is 0.412 e. The molecular weight excluding hydrogens is 226 g/mol. The van der Waals surface area contributed by atoms with Gasteiger partial charge in [0, 0.05) is 24.0 Å². The highest BCUT2D eigenvalue weighted by Gasteiger charge is 2.21. The lowest BCUT2D eigenvalue weighted by molar-refractivity contribution is -0.0679. The van der Waals surface area contributed by atoms with Crippen molar-refractivity contribution >= 4 is 17.4 Å². The number of rotatable bonds is 2. The number of aliphatic hydroxyl groups excluding tert-OH is 1. The summed E-state index contributed by atoms with van der Waals surface area (Å²) in [6, 6.07) is 1.75. The molecule has 1 fully saturated rings. The van der Waals surface area contributed by atoms with Gasteiger partial charge in [0.15, 0.2) is 0 Å². The lowest BCUT2D eigenvalue weighted by Crippen LogP contribution is -2.36. The van der Waals surface area contributed by atoms with Crippen molar-refractivity contribution in [1.29, 1.82) is 0 Å². The summed E-state index contributed by atoms with van der Waals surface area (Å²) in [6.07, 6.45) is 1.64. The minimum absolute atomic E-state index is 0.418. The fourth-order valence-corrected chi connectivity index (χ4v) is 2.40. The number of carbonyl (C=O) groups is 1. The normalized spacial score (nSPS) is 18.2. The van der Waals surface area contributed by atoms with Crippen molar-refractivity contribution in [2.75, 3.05) is 13.1 Å². The van der Waals surface area contributed by atoms with E-state index < -0.39 is 12.4 Å². The van der Waals surface area contributed by atoms with Crippen molar-refractivity contribution in [2.24, 2.45) is 0 Å². The SMILES string of the molecule is O=C(OC(O)c1ccsc1)N1CCCCC1. The van der Waals surface area contributed by atoms with E-state index in [9.17, 15) is 9.90 Å². The first kappa shape index (κ1) is 11.4. The predicted molar refractivity (Wildman–Crippen MR) is 61.2 cm³/mol. The number of nitrogens with zero attached hydrogens (tertiary/aromatic N) is 1. The van der Waals surface area contributed by atoms with Crippen LogP contribution in [0.15, 0.2) is 16.8 Å². The molecule has 0 radical (unpaired) electrons. The zero-order chi connectivity index (χ0) is 11.4. The van der Waals surface area contributed by atoms with E-state index in [0.29, 0.717) is 5.56 Å². The van der Waals surface area contributed by atoms with Crippen LogP contribution >= 0.6 is 11.3 Å². The zero-order valence-electron chi connectivity index (χ0n) is 8.96. The van der Waals surface area contributed by atoms with Crippen LogP contribution in [0.1, 0.15) is 31.1 Å². The van der Waals surface area contributed by atoms with Gasteiger partial charge in [-0.2, -0.15) is 11.3 Å². The van der Waals surface area contributed by atoms with Gasteiger partial charge in [-0.1, -0.05) is 0 Å². The Balaban J connectivity index is 1.86. The maximum atomic E-state index is 11.7. The van der Waals surface area contributed by atoms with Gasteiger partial charge in [0.05, 0.1) is 0 Å². The third-order valence-corrected chi connectivity index (χ3v) is 3.36. The second kappa shape index (κ2) is 5.32. The molecule has 1 unspecified atom stereocenters. The molecule has 0 saturated carbocycles. The van der Waals surface area contributed by atoms with Crippen LogP contribution in [0.2, 0.25) is 0 Å². The fraction of sp³-hybridized carbons (Fsp3) is 0.545. The van der Waals surface area contributed by atoms with Gasteiger partial charge < -0.3 is 14.7 Å². The van der Waals surface area contributed by atoms with Gasteiger partial charge >= 0.3 is 6.09 Å². The minimum atomic E-state index is -1.14. The second-order valence-corrected chi connectivity index (χ2v) is 4.62. The van der Waals surface area contributed by atoms with Crippen molar-refractivity contribution in [3.05, 3.63) is 22.4 Å². The van der Waals surface area contributed by atoms with Gasteiger partial charge in [-0.15, -0.1) is 0 Å². The van der Waals surface area contributed by atoms with Gasteiger partial charge in [0.25, 0.3) is 0 Å². The van der Waals surface area contributed by atoms with Gasteiger partial charge in [-0.05, 0) is 30.7 Å². The first-order chi connectivity index (χ1) is 7.77. The number of hydrogen-bond donors (Lipinski definition) is 1. The Morgan fingerprint density at radius 1 is 1.44 bits per heavy atom. The number of ether oxygens (including phenoxy) is 1. The molecule has 0 aliphatic carbocycles. The molecule has 88 valence electrons. The highest BCUT2D eigenvalue weighted by molar-refractivity contribution is 7.07. The standard InChI is InChI=1S/C11H15NO3S/c13-10(9-4-7-16-8-9)15-11(14)12-5-2-1-3-6-12/h4,7-8,10,13H,1-3,5-6H2. The molecule has 1 aliphatic rings. The van der Waals surface area contributed by atoms with E-state index in [0.717, 1.165) is 32.4 Å². The summed E-state index contributed by atoms with van der Waals surface area (Å²) in [5, 5.41) is 13.3. The summed E-state index contributed by atoms with van der Waals surface area (Å²) in [5.74, 6) is 0. The Kier molecular flexibility index (Phi) is 3.79. The molecule has 5 heteroatoms. The fourth-order valence-electron chi connectivity index (χ4n) is 1.73. The Morgan fingerprint density at radius 3 is 2.81 bits per heavy atom. The molecule has 2 rings (SSSR count). The number of amides is 1. The first-order valence-electron chi connectivity index (χ1n) is 5.43. The van der Waals surface area contributed by atoms with Crippen molar-refractivity contribution in [1.82, 2.24) is 4.90 Å². The summed E-state index contributed by atoms with van der Waals surface area (Å²) in [7, 11) is 0. The molecule has 1 aliphatic heterocycles. The predicted octanol–water partition coefficient (Wildman–Crippen LogP) is 2.36. The van der Waals surface area contributed by atoms with Crippen molar-refractivity contribution < 1.29 is 14.6 Å². The van der Waals surface area contributed by atoms with Crippen LogP contribution < -0.4 is 0 Å². The zero-order valence-corrected chi connectivity index (χ0v) is 9.78. The van der Waals surface area contributed by atoms with Crippen LogP contribution in [-0.2, 0) is 4.74 Å². The molecule has 1 N–H and O–H groups in total. The third kappa shape index (κ3) is 2.74. The van der Waals surface area contributed by atoms with Crippen molar-refractivity contribution in [3.63, 3.8) is 0 Å². The second-order valence-electron chi connectivity index (χ2n) is 3.84. The average Bonchev–Trinajstić information content (AvgIpc) is 2.83. The van der Waals surface area contributed by atoms with Crippen molar-refractivity contribution in [3.8, 4) is 0 Å². The van der Waals surface area contributed by atoms with E-state index in [-0.39, 0.29) is 0 Å². The monoisotopic (exact) mass is 241 g/mol. The number of hydrogen-bond acceptors (Lipinski definition) is 4. The van der Waals surface area contributed by atoms with Crippen LogP contribution in [0.25, 0.3) is 0 Å². The molecule has 1 atom stereocenters. The smallest absolute Gasteiger partial charge is 0.412 e. The van der Waals surface area contributed by atoms with Gasteiger partial charge in [0.2, 0.25) is 6.29 Å². The van der Waals surface area contributed by atoms with Crippen LogP contribution in [0.4, 0.5) is 4.79 Å². The Labute approximate surface area is 98.4 Å². The Morgan fingerprint density at radius 2 is 2.19 bits per heavy atom. The number of carbonyl (C=O) groups excluding carboxylic acids is 1. The van der Waals surface area contributed by atoms with Crippen LogP contribution in [0, 0.1) is 0 Å². The highest BCUT2D eigenvalue weighted by Crippen LogP contribution is 2.19. The molecule has 0 bridgehead atoms. The van der Waals surface area contributed by atoms with Crippen LogP contribution in [-0.4, -0.2) is 29.2 Å². The maximum absolute atomic E-state index is 11.7. The van der Waals surface area contributed by atoms with Crippen LogP contribution in [0.5, 0.6) is 0 Å². The van der Waals surface area contributed by atoms with E-state index in [1.807, 2.05) is 5.38 Å². The third-order valence-electron chi connectivity index (χ3n) is 2.66. The largest absolute Gasteiger partial charge is 0.415 e. The molecule has 0 aromatic carbocycles. The number of likely N-dealkylation sites (tertiary alicyclic amines) is 1. The molecule has 1 amide bonds. The summed E-state index contributed by atoms with van der Waals surface area (Å²) in [5.41, 5.74) is 0.635. The summed E-state index contributed by atoms with van der Waals surface area (Å²) < 4.78 is 4.98. The number of piperidine rings is 1. The topological polar surface area (TPSA) is 49.8 Å². The molecule has 16 heavy (non-hydrogen) atoms. The van der Waals surface area contributed by atoms with Crippen molar-refractivity contribution in [2.45, 2.75) is 25.6 Å². The van der Waals surface area contributed by atoms with E-state index >= 15 is 0 Å². The van der Waals surface area contributed by atoms with E-state index in [1.54, 1.807) is 16.3 Å². The molecule has 1 aromatic heterocycles. The average molecular weight is 241 g/mol. The number of thiophene rings is 1. The molecule has 1 saturated heterocycles. The summed E-state index contributed by atoms with van der Waals surface area (Å²) in [4.78, 5) is 13.3. The molecule has 0 spiro atoms. The lowest BCUT2D eigenvalue weighted by Gasteiger charge is -2.26. The van der Waals surface area contributed by atoms with E-state index in [1.165, 1.54) is 11.3 Å².